The lowest BCUT2D eigenvalue weighted by Crippen LogP contribution is -2.23. The van der Waals surface area contributed by atoms with Crippen molar-refractivity contribution in [2.24, 2.45) is 0 Å². The normalized spacial score (nSPS) is 10.6. The molecule has 4 nitrogen and oxygen atoms in total. The van der Waals surface area contributed by atoms with Gasteiger partial charge in [-0.15, -0.1) is 0 Å². The molecule has 0 atom stereocenters. The Morgan fingerprint density at radius 2 is 1.75 bits per heavy atom. The molecule has 0 aliphatic rings. The molecule has 24 heavy (non-hydrogen) atoms. The van der Waals surface area contributed by atoms with Crippen molar-refractivity contribution in [1.82, 2.24) is 9.78 Å². The lowest BCUT2D eigenvalue weighted by atomic mass is 10.1. The highest BCUT2D eigenvalue weighted by atomic mass is 16.5. The second kappa shape index (κ2) is 7.13. The zero-order chi connectivity index (χ0) is 16.9. The van der Waals surface area contributed by atoms with Crippen molar-refractivity contribution >= 4 is 0 Å². The van der Waals surface area contributed by atoms with E-state index < -0.39 is 0 Å². The minimum absolute atomic E-state index is 0.104. The largest absolute Gasteiger partial charge is 0.494 e. The van der Waals surface area contributed by atoms with Crippen molar-refractivity contribution < 1.29 is 4.74 Å². The van der Waals surface area contributed by atoms with Crippen LogP contribution in [-0.4, -0.2) is 16.4 Å². The van der Waals surface area contributed by atoms with E-state index in [1.165, 1.54) is 4.68 Å². The van der Waals surface area contributed by atoms with Crippen LogP contribution in [0.1, 0.15) is 18.1 Å². The fraction of sp³-hybridized carbons (Fsp3) is 0.200. The Hall–Kier alpha value is -2.88. The minimum Gasteiger partial charge on any atom is -0.494 e. The Morgan fingerprint density at radius 3 is 2.46 bits per heavy atom. The molecule has 4 heteroatoms. The van der Waals surface area contributed by atoms with Crippen molar-refractivity contribution in [1.29, 1.82) is 0 Å². The van der Waals surface area contributed by atoms with Gasteiger partial charge in [-0.3, -0.25) is 4.79 Å². The van der Waals surface area contributed by atoms with Gasteiger partial charge in [-0.25, -0.2) is 4.68 Å². The Balaban J connectivity index is 1.91. The third-order valence-electron chi connectivity index (χ3n) is 3.91. The Kier molecular flexibility index (Phi) is 4.75. The number of nitrogens with zero attached hydrogens (tertiary/aromatic N) is 2. The third-order valence-corrected chi connectivity index (χ3v) is 3.91. The summed E-state index contributed by atoms with van der Waals surface area (Å²) in [6.07, 6.45) is 0. The number of hydrogen-bond donors (Lipinski definition) is 0. The van der Waals surface area contributed by atoms with Crippen molar-refractivity contribution in [2.75, 3.05) is 6.61 Å². The fourth-order valence-corrected chi connectivity index (χ4v) is 2.55. The van der Waals surface area contributed by atoms with Crippen LogP contribution in [0, 0.1) is 6.92 Å². The molecule has 3 rings (SSSR count). The van der Waals surface area contributed by atoms with Crippen molar-refractivity contribution in [3.05, 3.63) is 82.1 Å². The number of ether oxygens (including phenoxy) is 1. The number of benzene rings is 2. The van der Waals surface area contributed by atoms with E-state index >= 15 is 0 Å². The molecule has 0 amide bonds. The number of aromatic nitrogens is 2. The molecule has 0 N–H and O–H groups in total. The first-order valence-electron chi connectivity index (χ1n) is 8.03. The highest BCUT2D eigenvalue weighted by Crippen LogP contribution is 2.20. The predicted octanol–water partition coefficient (Wildman–Crippen LogP) is 3.67. The first kappa shape index (κ1) is 16.0. The van der Waals surface area contributed by atoms with Crippen LogP contribution in [0.5, 0.6) is 5.75 Å². The number of aryl methyl sites for hydroxylation is 1. The standard InChI is InChI=1S/C20H20N2O2/c1-3-24-18-10-8-16(9-11-18)19-12-13-20(23)22(21-19)14-17-7-5-4-6-15(17)2/h4-13H,3,14H2,1-2H3. The summed E-state index contributed by atoms with van der Waals surface area (Å²) in [5.41, 5.74) is 3.87. The SMILES string of the molecule is CCOc1ccc(-c2ccc(=O)n(Cc3ccccc3C)n2)cc1. The summed E-state index contributed by atoms with van der Waals surface area (Å²) < 4.78 is 6.96. The summed E-state index contributed by atoms with van der Waals surface area (Å²) in [6.45, 7) is 5.10. The van der Waals surface area contributed by atoms with Crippen LogP contribution in [0.25, 0.3) is 11.3 Å². The zero-order valence-corrected chi connectivity index (χ0v) is 13.9. The van der Waals surface area contributed by atoms with Gasteiger partial charge in [0.1, 0.15) is 5.75 Å². The van der Waals surface area contributed by atoms with Gasteiger partial charge in [0.15, 0.2) is 0 Å². The first-order chi connectivity index (χ1) is 11.7. The van der Waals surface area contributed by atoms with Gasteiger partial charge in [-0.2, -0.15) is 5.10 Å². The summed E-state index contributed by atoms with van der Waals surface area (Å²) in [5, 5.41) is 4.52. The molecule has 1 aromatic heterocycles. The zero-order valence-electron chi connectivity index (χ0n) is 13.9. The molecule has 0 aliphatic carbocycles. The van der Waals surface area contributed by atoms with Crippen LogP contribution in [0.2, 0.25) is 0 Å². The minimum atomic E-state index is -0.104. The molecule has 0 bridgehead atoms. The lowest BCUT2D eigenvalue weighted by Gasteiger charge is -2.10. The number of hydrogen-bond acceptors (Lipinski definition) is 3. The number of rotatable bonds is 5. The fourth-order valence-electron chi connectivity index (χ4n) is 2.55. The summed E-state index contributed by atoms with van der Waals surface area (Å²) in [5.74, 6) is 0.828. The molecular formula is C20H20N2O2. The second-order valence-electron chi connectivity index (χ2n) is 5.60. The van der Waals surface area contributed by atoms with Crippen LogP contribution in [0.3, 0.4) is 0 Å². The van der Waals surface area contributed by atoms with E-state index in [4.69, 9.17) is 4.74 Å². The van der Waals surface area contributed by atoms with Crippen molar-refractivity contribution in [2.45, 2.75) is 20.4 Å². The molecule has 0 saturated carbocycles. The third kappa shape index (κ3) is 3.54. The van der Waals surface area contributed by atoms with Crippen LogP contribution in [-0.2, 0) is 6.54 Å². The van der Waals surface area contributed by atoms with E-state index in [0.29, 0.717) is 13.2 Å². The van der Waals surface area contributed by atoms with Gasteiger partial charge < -0.3 is 4.74 Å². The maximum absolute atomic E-state index is 12.1. The Labute approximate surface area is 141 Å². The van der Waals surface area contributed by atoms with Gasteiger partial charge in [0, 0.05) is 11.6 Å². The summed E-state index contributed by atoms with van der Waals surface area (Å²) in [6, 6.07) is 19.1. The summed E-state index contributed by atoms with van der Waals surface area (Å²) in [7, 11) is 0. The molecule has 0 unspecified atom stereocenters. The van der Waals surface area contributed by atoms with Gasteiger partial charge in [0.25, 0.3) is 5.56 Å². The molecule has 3 aromatic rings. The summed E-state index contributed by atoms with van der Waals surface area (Å²) in [4.78, 5) is 12.1. The van der Waals surface area contributed by atoms with Gasteiger partial charge in [0.2, 0.25) is 0 Å². The van der Waals surface area contributed by atoms with Crippen LogP contribution < -0.4 is 10.3 Å². The van der Waals surface area contributed by atoms with E-state index in [1.54, 1.807) is 12.1 Å². The quantitative estimate of drug-likeness (QED) is 0.720. The highest BCUT2D eigenvalue weighted by Gasteiger charge is 2.06. The van der Waals surface area contributed by atoms with Gasteiger partial charge >= 0.3 is 0 Å². The maximum Gasteiger partial charge on any atom is 0.267 e. The van der Waals surface area contributed by atoms with E-state index in [0.717, 1.165) is 28.1 Å². The van der Waals surface area contributed by atoms with Gasteiger partial charge in [0.05, 0.1) is 18.8 Å². The average Bonchev–Trinajstić information content (AvgIpc) is 2.60. The Morgan fingerprint density at radius 1 is 1.00 bits per heavy atom. The molecule has 0 saturated heterocycles. The van der Waals surface area contributed by atoms with E-state index in [2.05, 4.69) is 5.10 Å². The van der Waals surface area contributed by atoms with Crippen LogP contribution in [0.4, 0.5) is 0 Å². The van der Waals surface area contributed by atoms with E-state index in [9.17, 15) is 4.79 Å². The first-order valence-corrected chi connectivity index (χ1v) is 8.03. The van der Waals surface area contributed by atoms with Crippen molar-refractivity contribution in [3.63, 3.8) is 0 Å². The molecule has 1 heterocycles. The van der Waals surface area contributed by atoms with E-state index in [-0.39, 0.29) is 5.56 Å². The topological polar surface area (TPSA) is 44.1 Å². The molecule has 2 aromatic carbocycles. The second-order valence-corrected chi connectivity index (χ2v) is 5.60. The van der Waals surface area contributed by atoms with Crippen LogP contribution in [0.15, 0.2) is 65.5 Å². The monoisotopic (exact) mass is 320 g/mol. The molecular weight excluding hydrogens is 300 g/mol. The van der Waals surface area contributed by atoms with Gasteiger partial charge in [-0.05, 0) is 55.3 Å². The van der Waals surface area contributed by atoms with Crippen LogP contribution >= 0.6 is 0 Å². The maximum atomic E-state index is 12.1. The highest BCUT2D eigenvalue weighted by molar-refractivity contribution is 5.59. The average molecular weight is 320 g/mol. The summed E-state index contributed by atoms with van der Waals surface area (Å²) >= 11 is 0. The van der Waals surface area contributed by atoms with E-state index in [1.807, 2.05) is 62.4 Å². The predicted molar refractivity (Wildman–Crippen MR) is 95.4 cm³/mol. The van der Waals surface area contributed by atoms with Gasteiger partial charge in [-0.1, -0.05) is 24.3 Å². The molecule has 122 valence electrons. The van der Waals surface area contributed by atoms with Crippen molar-refractivity contribution in [3.8, 4) is 17.0 Å². The molecule has 0 spiro atoms. The molecule has 0 fully saturated rings. The Bertz CT molecular complexity index is 883. The smallest absolute Gasteiger partial charge is 0.267 e. The molecule has 0 aliphatic heterocycles. The molecule has 0 radical (unpaired) electrons. The lowest BCUT2D eigenvalue weighted by molar-refractivity contribution is 0.340.